The Hall–Kier alpha value is -1.55. The van der Waals surface area contributed by atoms with Crippen LogP contribution in [0, 0.1) is 0 Å². The van der Waals surface area contributed by atoms with E-state index in [0.29, 0.717) is 5.96 Å². The summed E-state index contributed by atoms with van der Waals surface area (Å²) in [7, 11) is 0. The Balaban J connectivity index is 1.71. The van der Waals surface area contributed by atoms with Crippen molar-refractivity contribution in [3.8, 4) is 0 Å². The lowest BCUT2D eigenvalue weighted by Crippen LogP contribution is -2.24. The first-order chi connectivity index (χ1) is 10.7. The van der Waals surface area contributed by atoms with E-state index >= 15 is 0 Å². The molecule has 4 nitrogen and oxygen atoms in total. The molecular formula is C18H30N4. The number of nitrogens with zero attached hydrogens (tertiary/aromatic N) is 2. The summed E-state index contributed by atoms with van der Waals surface area (Å²) < 4.78 is 0. The van der Waals surface area contributed by atoms with E-state index < -0.39 is 0 Å². The van der Waals surface area contributed by atoms with Crippen molar-refractivity contribution < 1.29 is 0 Å². The van der Waals surface area contributed by atoms with Gasteiger partial charge in [-0.2, -0.15) is 0 Å². The highest BCUT2D eigenvalue weighted by Crippen LogP contribution is 2.24. The molecule has 1 aliphatic rings. The van der Waals surface area contributed by atoms with E-state index in [1.807, 2.05) is 0 Å². The quantitative estimate of drug-likeness (QED) is 0.441. The number of hydrogen-bond donors (Lipinski definition) is 2. The van der Waals surface area contributed by atoms with E-state index in [1.165, 1.54) is 36.8 Å². The highest BCUT2D eigenvalue weighted by atomic mass is 15.1. The van der Waals surface area contributed by atoms with E-state index in [-0.39, 0.29) is 0 Å². The summed E-state index contributed by atoms with van der Waals surface area (Å²) in [6, 6.07) is 6.53. The van der Waals surface area contributed by atoms with Gasteiger partial charge in [0, 0.05) is 12.2 Å². The summed E-state index contributed by atoms with van der Waals surface area (Å²) in [6.45, 7) is 8.62. The van der Waals surface area contributed by atoms with Crippen molar-refractivity contribution in [3.63, 3.8) is 0 Å². The first-order valence-corrected chi connectivity index (χ1v) is 8.64. The maximum Gasteiger partial charge on any atom is 0.193 e. The van der Waals surface area contributed by atoms with Gasteiger partial charge in [0.1, 0.15) is 0 Å². The highest BCUT2D eigenvalue weighted by Gasteiger charge is 2.10. The summed E-state index contributed by atoms with van der Waals surface area (Å²) in [4.78, 5) is 6.87. The minimum atomic E-state index is 0.529. The molecule has 0 aromatic heterocycles. The molecule has 0 radical (unpaired) electrons. The number of nitrogens with two attached hydrogens (primary N) is 1. The summed E-state index contributed by atoms with van der Waals surface area (Å²) in [5.74, 6) is 0.529. The zero-order valence-corrected chi connectivity index (χ0v) is 14.1. The number of benzene rings is 1. The van der Waals surface area contributed by atoms with Crippen LogP contribution in [0.3, 0.4) is 0 Å². The maximum atomic E-state index is 5.97. The SMILES string of the molecule is CCN(CC)CCCCN=C(N)Nc1ccc2c(c1)CCC2. The molecule has 0 unspecified atom stereocenters. The fourth-order valence-electron chi connectivity index (χ4n) is 3.02. The van der Waals surface area contributed by atoms with Gasteiger partial charge in [0.25, 0.3) is 0 Å². The fraction of sp³-hybridized carbons (Fsp3) is 0.611. The van der Waals surface area contributed by atoms with Crippen LogP contribution in [0.1, 0.15) is 44.2 Å². The van der Waals surface area contributed by atoms with Gasteiger partial charge in [0.2, 0.25) is 0 Å². The van der Waals surface area contributed by atoms with Gasteiger partial charge >= 0.3 is 0 Å². The topological polar surface area (TPSA) is 53.6 Å². The molecule has 3 N–H and O–H groups in total. The predicted octanol–water partition coefficient (Wildman–Crippen LogP) is 3.02. The molecule has 0 saturated carbocycles. The number of hydrogen-bond acceptors (Lipinski definition) is 2. The lowest BCUT2D eigenvalue weighted by molar-refractivity contribution is 0.298. The van der Waals surface area contributed by atoms with E-state index in [0.717, 1.165) is 38.3 Å². The maximum absolute atomic E-state index is 5.97. The lowest BCUT2D eigenvalue weighted by atomic mass is 10.1. The zero-order chi connectivity index (χ0) is 15.8. The fourth-order valence-corrected chi connectivity index (χ4v) is 3.02. The van der Waals surface area contributed by atoms with E-state index in [1.54, 1.807) is 0 Å². The smallest absolute Gasteiger partial charge is 0.193 e. The average molecular weight is 302 g/mol. The standard InChI is InChI=1S/C18H30N4/c1-3-22(4-2)13-6-5-12-20-18(19)21-17-11-10-15-8-7-9-16(15)14-17/h10-11,14H,3-9,12-13H2,1-2H3,(H3,19,20,21). The first kappa shape index (κ1) is 16.8. The molecule has 1 aromatic rings. The van der Waals surface area contributed by atoms with Crippen LogP contribution in [-0.2, 0) is 12.8 Å². The number of anilines is 1. The van der Waals surface area contributed by atoms with Crippen molar-refractivity contribution in [2.75, 3.05) is 31.5 Å². The number of guanidine groups is 1. The second kappa shape index (κ2) is 8.79. The van der Waals surface area contributed by atoms with Gasteiger partial charge in [-0.05, 0) is 75.0 Å². The molecule has 1 aromatic carbocycles. The molecule has 0 spiro atoms. The summed E-state index contributed by atoms with van der Waals surface area (Å²) in [5.41, 5.74) is 9.97. The van der Waals surface area contributed by atoms with Crippen LogP contribution in [0.5, 0.6) is 0 Å². The Morgan fingerprint density at radius 2 is 1.95 bits per heavy atom. The molecule has 0 heterocycles. The lowest BCUT2D eigenvalue weighted by Gasteiger charge is -2.17. The van der Waals surface area contributed by atoms with Gasteiger partial charge < -0.3 is 16.0 Å². The Kier molecular flexibility index (Phi) is 6.72. The van der Waals surface area contributed by atoms with Crippen LogP contribution in [0.25, 0.3) is 0 Å². The number of aliphatic imine (C=N–C) groups is 1. The minimum absolute atomic E-state index is 0.529. The van der Waals surface area contributed by atoms with Crippen LogP contribution in [0.15, 0.2) is 23.2 Å². The molecule has 0 aliphatic heterocycles. The molecule has 4 heteroatoms. The molecule has 1 aliphatic carbocycles. The number of aryl methyl sites for hydroxylation is 2. The molecule has 2 rings (SSSR count). The minimum Gasteiger partial charge on any atom is -0.370 e. The molecule has 0 bridgehead atoms. The number of rotatable bonds is 8. The van der Waals surface area contributed by atoms with Crippen LogP contribution < -0.4 is 11.1 Å². The van der Waals surface area contributed by atoms with Crippen LogP contribution in [-0.4, -0.2) is 37.0 Å². The molecule has 0 saturated heterocycles. The molecule has 0 amide bonds. The van der Waals surface area contributed by atoms with Gasteiger partial charge in [-0.1, -0.05) is 19.9 Å². The Bertz CT molecular complexity index is 492. The highest BCUT2D eigenvalue weighted by molar-refractivity contribution is 5.92. The number of unbranched alkanes of at least 4 members (excludes halogenated alkanes) is 1. The van der Waals surface area contributed by atoms with Crippen LogP contribution >= 0.6 is 0 Å². The molecular weight excluding hydrogens is 272 g/mol. The third kappa shape index (κ3) is 5.02. The van der Waals surface area contributed by atoms with Gasteiger partial charge in [0.15, 0.2) is 5.96 Å². The van der Waals surface area contributed by atoms with Gasteiger partial charge in [-0.3, -0.25) is 4.99 Å². The molecule has 22 heavy (non-hydrogen) atoms. The average Bonchev–Trinajstić information content (AvgIpc) is 2.98. The van der Waals surface area contributed by atoms with Gasteiger partial charge in [-0.25, -0.2) is 0 Å². The van der Waals surface area contributed by atoms with E-state index in [9.17, 15) is 0 Å². The van der Waals surface area contributed by atoms with Gasteiger partial charge in [0.05, 0.1) is 0 Å². The monoisotopic (exact) mass is 302 g/mol. The van der Waals surface area contributed by atoms with Crippen molar-refractivity contribution in [2.24, 2.45) is 10.7 Å². The van der Waals surface area contributed by atoms with E-state index in [2.05, 4.69) is 47.3 Å². The Morgan fingerprint density at radius 3 is 2.73 bits per heavy atom. The third-order valence-electron chi connectivity index (χ3n) is 4.43. The summed E-state index contributed by atoms with van der Waals surface area (Å²) in [6.07, 6.45) is 5.94. The number of fused-ring (bicyclic) bond motifs is 1. The molecule has 0 atom stereocenters. The van der Waals surface area contributed by atoms with Crippen molar-refractivity contribution in [1.29, 1.82) is 0 Å². The molecule has 0 fully saturated rings. The first-order valence-electron chi connectivity index (χ1n) is 8.64. The number of nitrogens with one attached hydrogen (secondary N) is 1. The third-order valence-corrected chi connectivity index (χ3v) is 4.43. The largest absolute Gasteiger partial charge is 0.370 e. The van der Waals surface area contributed by atoms with Crippen molar-refractivity contribution >= 4 is 11.6 Å². The second-order valence-corrected chi connectivity index (χ2v) is 5.96. The summed E-state index contributed by atoms with van der Waals surface area (Å²) in [5, 5.41) is 3.21. The van der Waals surface area contributed by atoms with Gasteiger partial charge in [-0.15, -0.1) is 0 Å². The van der Waals surface area contributed by atoms with Crippen molar-refractivity contribution in [1.82, 2.24) is 4.90 Å². The van der Waals surface area contributed by atoms with Crippen molar-refractivity contribution in [3.05, 3.63) is 29.3 Å². The molecule has 122 valence electrons. The predicted molar refractivity (Wildman–Crippen MR) is 95.6 cm³/mol. The Morgan fingerprint density at radius 1 is 1.18 bits per heavy atom. The van der Waals surface area contributed by atoms with Crippen LogP contribution in [0.4, 0.5) is 5.69 Å². The second-order valence-electron chi connectivity index (χ2n) is 5.96. The van der Waals surface area contributed by atoms with Crippen molar-refractivity contribution in [2.45, 2.75) is 46.0 Å². The normalized spacial score (nSPS) is 14.4. The summed E-state index contributed by atoms with van der Waals surface area (Å²) >= 11 is 0. The van der Waals surface area contributed by atoms with E-state index in [4.69, 9.17) is 5.73 Å². The van der Waals surface area contributed by atoms with Crippen LogP contribution in [0.2, 0.25) is 0 Å². The zero-order valence-electron chi connectivity index (χ0n) is 14.1. The Labute approximate surface area is 134 Å².